The first-order valence-corrected chi connectivity index (χ1v) is 9.85. The Labute approximate surface area is 156 Å². The lowest BCUT2D eigenvalue weighted by molar-refractivity contribution is 0.175. The van der Waals surface area contributed by atoms with E-state index in [1.165, 1.54) is 54.4 Å². The normalized spacial score (nSPS) is 17.6. The molecule has 3 heteroatoms. The number of nitrogens with two attached hydrogens (primary N) is 1. The second-order valence-electron chi connectivity index (χ2n) is 7.76. The minimum atomic E-state index is 0.194. The van der Waals surface area contributed by atoms with Crippen molar-refractivity contribution in [1.82, 2.24) is 9.88 Å². The fraction of sp³-hybridized carbons (Fsp3) is 0.391. The number of nitrogens with zero attached hydrogens (tertiary/aromatic N) is 1. The molecule has 0 saturated carbocycles. The molecule has 1 aliphatic rings. The van der Waals surface area contributed by atoms with Crippen LogP contribution in [0.5, 0.6) is 0 Å². The van der Waals surface area contributed by atoms with Crippen LogP contribution in [0.1, 0.15) is 24.0 Å². The van der Waals surface area contributed by atoms with E-state index in [0.29, 0.717) is 0 Å². The van der Waals surface area contributed by atoms with Gasteiger partial charge in [0.05, 0.1) is 0 Å². The molecule has 0 bridgehead atoms. The maximum absolute atomic E-state index is 6.49. The molecule has 1 aromatic heterocycles. The van der Waals surface area contributed by atoms with Crippen molar-refractivity contribution >= 4 is 10.9 Å². The van der Waals surface area contributed by atoms with Gasteiger partial charge in [-0.2, -0.15) is 0 Å². The molecular formula is C23H29N3. The fourth-order valence-corrected chi connectivity index (χ4v) is 4.30. The van der Waals surface area contributed by atoms with Gasteiger partial charge in [-0.15, -0.1) is 0 Å². The predicted molar refractivity (Wildman–Crippen MR) is 109 cm³/mol. The number of benzene rings is 2. The maximum Gasteiger partial charge on any atom is 0.0456 e. The fourth-order valence-electron chi connectivity index (χ4n) is 4.30. The first-order valence-electron chi connectivity index (χ1n) is 9.85. The molecule has 0 radical (unpaired) electrons. The third kappa shape index (κ3) is 4.17. The first-order chi connectivity index (χ1) is 12.8. The van der Waals surface area contributed by atoms with Gasteiger partial charge in [0.1, 0.15) is 0 Å². The Morgan fingerprint density at radius 1 is 1.00 bits per heavy atom. The minimum Gasteiger partial charge on any atom is -0.361 e. The molecule has 2 aromatic carbocycles. The van der Waals surface area contributed by atoms with Crippen LogP contribution in [0.3, 0.4) is 0 Å². The summed E-state index contributed by atoms with van der Waals surface area (Å²) < 4.78 is 0. The van der Waals surface area contributed by atoms with Gasteiger partial charge in [0, 0.05) is 29.7 Å². The number of aromatic amines is 1. The molecule has 1 atom stereocenters. The van der Waals surface area contributed by atoms with Crippen molar-refractivity contribution in [3.63, 3.8) is 0 Å². The molecule has 136 valence electrons. The van der Waals surface area contributed by atoms with Gasteiger partial charge in [0.2, 0.25) is 0 Å². The summed E-state index contributed by atoms with van der Waals surface area (Å²) in [5.41, 5.74) is 10.5. The third-order valence-corrected chi connectivity index (χ3v) is 5.72. The average Bonchev–Trinajstić information content (AvgIpc) is 3.07. The number of fused-ring (bicyclic) bond motifs is 1. The van der Waals surface area contributed by atoms with E-state index in [0.717, 1.165) is 18.9 Å². The zero-order valence-corrected chi connectivity index (χ0v) is 15.4. The molecule has 2 heterocycles. The van der Waals surface area contributed by atoms with Gasteiger partial charge in [-0.3, -0.25) is 0 Å². The van der Waals surface area contributed by atoms with Gasteiger partial charge in [-0.25, -0.2) is 0 Å². The summed E-state index contributed by atoms with van der Waals surface area (Å²) in [5, 5.41) is 1.31. The highest BCUT2D eigenvalue weighted by Crippen LogP contribution is 2.23. The van der Waals surface area contributed by atoms with Gasteiger partial charge >= 0.3 is 0 Å². The van der Waals surface area contributed by atoms with Crippen LogP contribution in [0.2, 0.25) is 0 Å². The molecule has 3 N–H and O–H groups in total. The summed E-state index contributed by atoms with van der Waals surface area (Å²) >= 11 is 0. The van der Waals surface area contributed by atoms with Crippen molar-refractivity contribution in [1.29, 1.82) is 0 Å². The highest BCUT2D eigenvalue weighted by molar-refractivity contribution is 5.83. The summed E-state index contributed by atoms with van der Waals surface area (Å²) in [4.78, 5) is 5.91. The van der Waals surface area contributed by atoms with Crippen LogP contribution < -0.4 is 5.73 Å². The number of piperidine rings is 1. The highest BCUT2D eigenvalue weighted by Gasteiger charge is 2.21. The Morgan fingerprint density at radius 3 is 2.54 bits per heavy atom. The van der Waals surface area contributed by atoms with Gasteiger partial charge in [-0.1, -0.05) is 48.5 Å². The molecule has 1 saturated heterocycles. The lowest BCUT2D eigenvalue weighted by Gasteiger charge is -2.33. The Kier molecular flexibility index (Phi) is 5.37. The lowest BCUT2D eigenvalue weighted by atomic mass is 9.90. The molecular weight excluding hydrogens is 318 g/mol. The van der Waals surface area contributed by atoms with E-state index < -0.39 is 0 Å². The Balaban J connectivity index is 1.26. The summed E-state index contributed by atoms with van der Waals surface area (Å²) in [7, 11) is 0. The number of aromatic nitrogens is 1. The highest BCUT2D eigenvalue weighted by atomic mass is 15.1. The number of hydrogen-bond acceptors (Lipinski definition) is 2. The second kappa shape index (κ2) is 8.07. The number of nitrogens with one attached hydrogen (secondary N) is 1. The molecule has 4 rings (SSSR count). The topological polar surface area (TPSA) is 45.1 Å². The van der Waals surface area contributed by atoms with Crippen LogP contribution in [0.25, 0.3) is 10.9 Å². The Morgan fingerprint density at radius 2 is 1.73 bits per heavy atom. The summed E-state index contributed by atoms with van der Waals surface area (Å²) in [6.45, 7) is 3.36. The molecule has 1 fully saturated rings. The van der Waals surface area contributed by atoms with Crippen LogP contribution in [-0.2, 0) is 12.8 Å². The zero-order chi connectivity index (χ0) is 17.8. The van der Waals surface area contributed by atoms with Crippen LogP contribution >= 0.6 is 0 Å². The van der Waals surface area contributed by atoms with E-state index in [2.05, 4.69) is 70.7 Å². The van der Waals surface area contributed by atoms with E-state index in [1.807, 2.05) is 0 Å². The molecule has 0 aliphatic carbocycles. The van der Waals surface area contributed by atoms with Crippen LogP contribution in [0, 0.1) is 5.92 Å². The van der Waals surface area contributed by atoms with Crippen molar-refractivity contribution in [2.24, 2.45) is 11.7 Å². The lowest BCUT2D eigenvalue weighted by Crippen LogP contribution is -2.43. The van der Waals surface area contributed by atoms with Crippen LogP contribution in [0.4, 0.5) is 0 Å². The van der Waals surface area contributed by atoms with E-state index in [9.17, 15) is 0 Å². The van der Waals surface area contributed by atoms with Crippen molar-refractivity contribution in [3.8, 4) is 0 Å². The minimum absolute atomic E-state index is 0.194. The molecule has 1 aliphatic heterocycles. The van der Waals surface area contributed by atoms with Crippen molar-refractivity contribution in [3.05, 3.63) is 71.9 Å². The number of likely N-dealkylation sites (tertiary alicyclic amines) is 1. The maximum atomic E-state index is 6.49. The van der Waals surface area contributed by atoms with Crippen molar-refractivity contribution < 1.29 is 0 Å². The Bertz CT molecular complexity index is 816. The van der Waals surface area contributed by atoms with Gasteiger partial charge < -0.3 is 15.6 Å². The zero-order valence-electron chi connectivity index (χ0n) is 15.4. The molecule has 0 spiro atoms. The molecule has 0 amide bonds. The number of hydrogen-bond donors (Lipinski definition) is 2. The van der Waals surface area contributed by atoms with Crippen LogP contribution in [-0.4, -0.2) is 35.6 Å². The van der Waals surface area contributed by atoms with Gasteiger partial charge in [-0.05, 0) is 61.9 Å². The van der Waals surface area contributed by atoms with E-state index in [1.54, 1.807) is 0 Å². The van der Waals surface area contributed by atoms with Gasteiger partial charge in [0.25, 0.3) is 0 Å². The molecule has 0 unspecified atom stereocenters. The van der Waals surface area contributed by atoms with E-state index in [4.69, 9.17) is 5.73 Å². The number of H-pyrrole nitrogens is 1. The standard InChI is InChI=1S/C23H29N3/c24-21(15-20-16-25-23-9-5-4-8-22(20)23)17-26-12-10-19(11-13-26)14-18-6-2-1-3-7-18/h1-9,16,19,21,25H,10-15,17,24H2/t21-/m0/s1. The Hall–Kier alpha value is -2.10. The first kappa shape index (κ1) is 17.3. The quantitative estimate of drug-likeness (QED) is 0.708. The molecule has 3 aromatic rings. The molecule has 3 nitrogen and oxygen atoms in total. The van der Waals surface area contributed by atoms with Crippen molar-refractivity contribution in [2.75, 3.05) is 19.6 Å². The van der Waals surface area contributed by atoms with Gasteiger partial charge in [0.15, 0.2) is 0 Å². The second-order valence-corrected chi connectivity index (χ2v) is 7.76. The van der Waals surface area contributed by atoms with E-state index in [-0.39, 0.29) is 6.04 Å². The predicted octanol–water partition coefficient (Wildman–Crippen LogP) is 3.99. The molecule has 26 heavy (non-hydrogen) atoms. The largest absolute Gasteiger partial charge is 0.361 e. The summed E-state index contributed by atoms with van der Waals surface area (Å²) in [6, 6.07) is 19.6. The van der Waals surface area contributed by atoms with E-state index >= 15 is 0 Å². The van der Waals surface area contributed by atoms with Crippen molar-refractivity contribution in [2.45, 2.75) is 31.7 Å². The SMILES string of the molecule is N[C@@H](Cc1c[nH]c2ccccc12)CN1CCC(Cc2ccccc2)CC1. The monoisotopic (exact) mass is 347 g/mol. The van der Waals surface area contributed by atoms with Crippen LogP contribution in [0.15, 0.2) is 60.8 Å². The summed E-state index contributed by atoms with van der Waals surface area (Å²) in [6.07, 6.45) is 6.85. The third-order valence-electron chi connectivity index (χ3n) is 5.72. The smallest absolute Gasteiger partial charge is 0.0456 e. The average molecular weight is 348 g/mol. The number of rotatable bonds is 6. The number of para-hydroxylation sites is 1. The summed E-state index contributed by atoms with van der Waals surface area (Å²) in [5.74, 6) is 0.818.